The molecule has 0 heterocycles. The van der Waals surface area contributed by atoms with Crippen LogP contribution in [0, 0.1) is 0 Å². The summed E-state index contributed by atoms with van der Waals surface area (Å²) in [6.07, 6.45) is -1.64. The van der Waals surface area contributed by atoms with Crippen LogP contribution in [0.5, 0.6) is 0 Å². The van der Waals surface area contributed by atoms with E-state index < -0.39 is 12.4 Å². The van der Waals surface area contributed by atoms with Crippen LogP contribution in [0.3, 0.4) is 0 Å². The van der Waals surface area contributed by atoms with Crippen LogP contribution in [0.1, 0.15) is 12.5 Å². The van der Waals surface area contributed by atoms with Gasteiger partial charge < -0.3 is 25.2 Å². The van der Waals surface area contributed by atoms with Gasteiger partial charge in [0, 0.05) is 0 Å². The Morgan fingerprint density at radius 3 is 1.94 bits per heavy atom. The summed E-state index contributed by atoms with van der Waals surface area (Å²) in [5.74, 6) is 0. The van der Waals surface area contributed by atoms with Crippen LogP contribution in [0.15, 0.2) is 30.3 Å². The van der Waals surface area contributed by atoms with Gasteiger partial charge in [0.15, 0.2) is 6.29 Å². The molecule has 1 rings (SSSR count). The van der Waals surface area contributed by atoms with Crippen molar-refractivity contribution in [3.05, 3.63) is 35.9 Å². The Morgan fingerprint density at radius 2 is 1.59 bits per heavy atom. The van der Waals surface area contributed by atoms with Gasteiger partial charge in [-0.3, -0.25) is 0 Å². The second kappa shape index (κ2) is 10.2. The zero-order valence-corrected chi connectivity index (χ0v) is 9.86. The minimum absolute atomic E-state index is 0.365. The fourth-order valence-corrected chi connectivity index (χ4v) is 0.849. The van der Waals surface area contributed by atoms with Crippen molar-refractivity contribution in [2.45, 2.75) is 25.9 Å². The van der Waals surface area contributed by atoms with E-state index in [0.717, 1.165) is 5.56 Å². The Balaban J connectivity index is 0.000000366. The molecule has 5 nitrogen and oxygen atoms in total. The molecule has 0 radical (unpaired) electrons. The van der Waals surface area contributed by atoms with Gasteiger partial charge in [-0.05, 0) is 12.5 Å². The average Bonchev–Trinajstić information content (AvgIpc) is 2.37. The Labute approximate surface area is 101 Å². The van der Waals surface area contributed by atoms with Crippen molar-refractivity contribution in [1.29, 1.82) is 0 Å². The number of aliphatic hydroxyl groups excluding tert-OH is 4. The SMILES string of the molecule is CC(O)OCc1ccccc1.OCC(O)CO. The van der Waals surface area contributed by atoms with E-state index in [-0.39, 0.29) is 13.2 Å². The fraction of sp³-hybridized carbons (Fsp3) is 0.500. The molecule has 5 heteroatoms. The molecule has 0 saturated carbocycles. The molecule has 0 spiro atoms. The van der Waals surface area contributed by atoms with Crippen molar-refractivity contribution in [1.82, 2.24) is 0 Å². The zero-order valence-electron chi connectivity index (χ0n) is 9.86. The summed E-state index contributed by atoms with van der Waals surface area (Å²) in [6, 6.07) is 9.76. The van der Waals surface area contributed by atoms with Crippen molar-refractivity contribution in [2.75, 3.05) is 13.2 Å². The van der Waals surface area contributed by atoms with Crippen molar-refractivity contribution < 1.29 is 25.2 Å². The Kier molecular flexibility index (Phi) is 9.60. The molecule has 4 N–H and O–H groups in total. The maximum Gasteiger partial charge on any atom is 0.152 e. The largest absolute Gasteiger partial charge is 0.394 e. The van der Waals surface area contributed by atoms with E-state index in [1.807, 2.05) is 30.3 Å². The Hall–Kier alpha value is -0.980. The molecule has 0 amide bonds. The van der Waals surface area contributed by atoms with E-state index in [0.29, 0.717) is 6.61 Å². The summed E-state index contributed by atoms with van der Waals surface area (Å²) < 4.78 is 4.98. The van der Waals surface area contributed by atoms with E-state index in [1.165, 1.54) is 0 Å². The molecule has 0 aromatic heterocycles. The van der Waals surface area contributed by atoms with Gasteiger partial charge in [-0.15, -0.1) is 0 Å². The molecule has 0 bridgehead atoms. The summed E-state index contributed by atoms with van der Waals surface area (Å²) in [4.78, 5) is 0. The Bertz CT molecular complexity index is 259. The standard InChI is InChI=1S/C9H12O2.C3H8O3/c1-8(10)11-7-9-5-3-2-4-6-9;4-1-3(6)2-5/h2-6,8,10H,7H2,1H3;3-6H,1-2H2. The van der Waals surface area contributed by atoms with Crippen molar-refractivity contribution >= 4 is 0 Å². The third-order valence-corrected chi connectivity index (χ3v) is 1.76. The highest BCUT2D eigenvalue weighted by atomic mass is 16.6. The molecule has 1 aromatic carbocycles. The van der Waals surface area contributed by atoms with Gasteiger partial charge in [-0.25, -0.2) is 0 Å². The molecule has 17 heavy (non-hydrogen) atoms. The molecule has 98 valence electrons. The molecular weight excluding hydrogens is 224 g/mol. The van der Waals surface area contributed by atoms with Crippen LogP contribution in [0.2, 0.25) is 0 Å². The normalized spacial score (nSPS) is 11.9. The second-order valence-corrected chi connectivity index (χ2v) is 3.41. The van der Waals surface area contributed by atoms with Gasteiger partial charge in [0.05, 0.1) is 19.8 Å². The molecule has 1 atom stereocenters. The summed E-state index contributed by atoms with van der Waals surface area (Å²) in [7, 11) is 0. The van der Waals surface area contributed by atoms with Crippen LogP contribution < -0.4 is 0 Å². The molecule has 0 aliphatic carbocycles. The number of ether oxygens (including phenoxy) is 1. The number of rotatable bonds is 5. The molecule has 1 aromatic rings. The minimum Gasteiger partial charge on any atom is -0.394 e. The summed E-state index contributed by atoms with van der Waals surface area (Å²) in [5.41, 5.74) is 1.08. The summed E-state index contributed by atoms with van der Waals surface area (Å²) >= 11 is 0. The first-order valence-electron chi connectivity index (χ1n) is 5.33. The third-order valence-electron chi connectivity index (χ3n) is 1.76. The van der Waals surface area contributed by atoms with Crippen LogP contribution in [-0.4, -0.2) is 46.0 Å². The first kappa shape index (κ1) is 16.0. The van der Waals surface area contributed by atoms with Crippen molar-refractivity contribution in [2.24, 2.45) is 0 Å². The molecule has 1 unspecified atom stereocenters. The van der Waals surface area contributed by atoms with Gasteiger partial charge in [0.25, 0.3) is 0 Å². The molecule has 0 aliphatic heterocycles. The maximum atomic E-state index is 8.79. The van der Waals surface area contributed by atoms with Gasteiger partial charge in [-0.2, -0.15) is 0 Å². The first-order valence-corrected chi connectivity index (χ1v) is 5.33. The highest BCUT2D eigenvalue weighted by Gasteiger charge is 1.94. The lowest BCUT2D eigenvalue weighted by molar-refractivity contribution is -0.0939. The predicted molar refractivity (Wildman–Crippen MR) is 63.1 cm³/mol. The highest BCUT2D eigenvalue weighted by Crippen LogP contribution is 2.01. The topological polar surface area (TPSA) is 90.2 Å². The first-order chi connectivity index (χ1) is 8.10. The monoisotopic (exact) mass is 244 g/mol. The van der Waals surface area contributed by atoms with Gasteiger partial charge >= 0.3 is 0 Å². The van der Waals surface area contributed by atoms with Crippen LogP contribution in [-0.2, 0) is 11.3 Å². The molecule has 0 fully saturated rings. The molecule has 0 saturated heterocycles. The number of aliphatic hydroxyl groups is 4. The van der Waals surface area contributed by atoms with Gasteiger partial charge in [0.2, 0.25) is 0 Å². The average molecular weight is 244 g/mol. The second-order valence-electron chi connectivity index (χ2n) is 3.41. The maximum absolute atomic E-state index is 8.79. The molecule has 0 aliphatic rings. The van der Waals surface area contributed by atoms with Gasteiger partial charge in [-0.1, -0.05) is 30.3 Å². The van der Waals surface area contributed by atoms with Crippen LogP contribution in [0.4, 0.5) is 0 Å². The van der Waals surface area contributed by atoms with Crippen molar-refractivity contribution in [3.8, 4) is 0 Å². The van der Waals surface area contributed by atoms with Gasteiger partial charge in [0.1, 0.15) is 6.10 Å². The zero-order chi connectivity index (χ0) is 13.1. The number of hydrogen-bond acceptors (Lipinski definition) is 5. The van der Waals surface area contributed by atoms with E-state index in [9.17, 15) is 0 Å². The Morgan fingerprint density at radius 1 is 1.06 bits per heavy atom. The van der Waals surface area contributed by atoms with E-state index in [2.05, 4.69) is 0 Å². The summed E-state index contributed by atoms with van der Waals surface area (Å²) in [5, 5.41) is 32.8. The van der Waals surface area contributed by atoms with Crippen molar-refractivity contribution in [3.63, 3.8) is 0 Å². The number of hydrogen-bond donors (Lipinski definition) is 4. The molecular formula is C12H20O5. The van der Waals surface area contributed by atoms with E-state index in [1.54, 1.807) is 6.92 Å². The smallest absolute Gasteiger partial charge is 0.152 e. The van der Waals surface area contributed by atoms with E-state index >= 15 is 0 Å². The summed E-state index contributed by atoms with van der Waals surface area (Å²) in [6.45, 7) is 1.34. The third kappa shape index (κ3) is 9.92. The van der Waals surface area contributed by atoms with Crippen LogP contribution in [0.25, 0.3) is 0 Å². The van der Waals surface area contributed by atoms with Crippen LogP contribution >= 0.6 is 0 Å². The highest BCUT2D eigenvalue weighted by molar-refractivity contribution is 5.13. The van der Waals surface area contributed by atoms with E-state index in [4.69, 9.17) is 25.2 Å². The lowest BCUT2D eigenvalue weighted by Gasteiger charge is -2.05. The number of benzene rings is 1. The predicted octanol–water partition coefficient (Wildman–Crippen LogP) is -0.127. The quantitative estimate of drug-likeness (QED) is 0.542. The lowest BCUT2D eigenvalue weighted by Crippen LogP contribution is -2.15. The minimum atomic E-state index is -0.954. The fourth-order valence-electron chi connectivity index (χ4n) is 0.849. The lowest BCUT2D eigenvalue weighted by atomic mass is 10.2.